The Labute approximate surface area is 127 Å². The van der Waals surface area contributed by atoms with Crippen molar-refractivity contribution in [1.82, 2.24) is 9.71 Å². The Hall–Kier alpha value is -0.170. The summed E-state index contributed by atoms with van der Waals surface area (Å²) >= 11 is 9.11. The van der Waals surface area contributed by atoms with Gasteiger partial charge < -0.3 is 0 Å². The molecule has 2 rings (SSSR count). The van der Waals surface area contributed by atoms with Gasteiger partial charge >= 0.3 is 0 Å². The molecule has 106 valence electrons. The maximum absolute atomic E-state index is 12.4. The molecule has 19 heavy (non-hydrogen) atoms. The highest BCUT2D eigenvalue weighted by Crippen LogP contribution is 2.30. The van der Waals surface area contributed by atoms with E-state index in [2.05, 4.69) is 25.6 Å². The molecule has 1 fully saturated rings. The molecule has 1 saturated carbocycles. The lowest BCUT2D eigenvalue weighted by Gasteiger charge is -2.34. The lowest BCUT2D eigenvalue weighted by Crippen LogP contribution is -2.47. The van der Waals surface area contributed by atoms with Gasteiger partial charge in [0.2, 0.25) is 10.0 Å². The highest BCUT2D eigenvalue weighted by molar-refractivity contribution is 9.10. The topological polar surface area (TPSA) is 59.1 Å². The van der Waals surface area contributed by atoms with E-state index in [0.29, 0.717) is 4.47 Å². The average Bonchev–Trinajstić information content (AvgIpc) is 2.31. The summed E-state index contributed by atoms with van der Waals surface area (Å²) in [6, 6.07) is 1.48. The smallest absolute Gasteiger partial charge is 0.242 e. The fourth-order valence-corrected chi connectivity index (χ4v) is 4.82. The van der Waals surface area contributed by atoms with Crippen LogP contribution in [-0.2, 0) is 10.0 Å². The van der Waals surface area contributed by atoms with Gasteiger partial charge in [0, 0.05) is 16.2 Å². The summed E-state index contributed by atoms with van der Waals surface area (Å²) in [6.45, 7) is 1.95. The SMILES string of the molecule is CC1(NS(=O)(=O)c2cc(Br)cnc2Cl)CCCCC1. The number of aromatic nitrogens is 1. The minimum atomic E-state index is -3.65. The first-order chi connectivity index (χ1) is 8.82. The molecule has 4 nitrogen and oxygen atoms in total. The molecule has 0 spiro atoms. The zero-order valence-corrected chi connectivity index (χ0v) is 13.8. The van der Waals surface area contributed by atoms with Crippen LogP contribution in [0.5, 0.6) is 0 Å². The molecule has 1 aliphatic carbocycles. The monoisotopic (exact) mass is 366 g/mol. The second-order valence-corrected chi connectivity index (χ2v) is 8.09. The summed E-state index contributed by atoms with van der Waals surface area (Å²) in [4.78, 5) is 3.88. The number of hydrogen-bond acceptors (Lipinski definition) is 3. The van der Waals surface area contributed by atoms with Crippen LogP contribution in [0.15, 0.2) is 21.6 Å². The number of hydrogen-bond donors (Lipinski definition) is 1. The summed E-state index contributed by atoms with van der Waals surface area (Å²) in [5.74, 6) is 0. The van der Waals surface area contributed by atoms with Crippen LogP contribution in [-0.4, -0.2) is 18.9 Å². The molecule has 1 aromatic heterocycles. The quantitative estimate of drug-likeness (QED) is 0.832. The van der Waals surface area contributed by atoms with E-state index in [1.165, 1.54) is 12.3 Å². The molecular formula is C12H16BrClN2O2S. The average molecular weight is 368 g/mol. The highest BCUT2D eigenvalue weighted by Gasteiger charge is 2.33. The van der Waals surface area contributed by atoms with E-state index < -0.39 is 10.0 Å². The molecule has 1 aliphatic rings. The number of nitrogens with zero attached hydrogens (tertiary/aromatic N) is 1. The Bertz CT molecular complexity index is 571. The zero-order valence-electron chi connectivity index (χ0n) is 10.6. The van der Waals surface area contributed by atoms with Crippen LogP contribution in [0.4, 0.5) is 0 Å². The maximum atomic E-state index is 12.4. The predicted molar refractivity (Wildman–Crippen MR) is 78.8 cm³/mol. The number of rotatable bonds is 3. The number of sulfonamides is 1. The molecule has 1 N–H and O–H groups in total. The lowest BCUT2D eigenvalue weighted by molar-refractivity contribution is 0.294. The third kappa shape index (κ3) is 3.68. The Balaban J connectivity index is 2.29. The van der Waals surface area contributed by atoms with Crippen molar-refractivity contribution >= 4 is 37.6 Å². The van der Waals surface area contributed by atoms with E-state index in [1.54, 1.807) is 0 Å². The minimum absolute atomic E-state index is 0.00453. The summed E-state index contributed by atoms with van der Waals surface area (Å²) in [7, 11) is -3.65. The summed E-state index contributed by atoms with van der Waals surface area (Å²) in [5, 5.41) is -0.00453. The zero-order chi connectivity index (χ0) is 14.1. The van der Waals surface area contributed by atoms with Gasteiger partial charge in [-0.25, -0.2) is 18.1 Å². The molecule has 0 atom stereocenters. The Morgan fingerprint density at radius 3 is 2.63 bits per heavy atom. The van der Waals surface area contributed by atoms with Crippen LogP contribution >= 0.6 is 27.5 Å². The number of nitrogens with one attached hydrogen (secondary N) is 1. The molecule has 0 saturated heterocycles. The van der Waals surface area contributed by atoms with Gasteiger partial charge in [0.1, 0.15) is 10.0 Å². The third-order valence-electron chi connectivity index (χ3n) is 3.40. The minimum Gasteiger partial charge on any atom is -0.242 e. The third-order valence-corrected chi connectivity index (χ3v) is 5.90. The van der Waals surface area contributed by atoms with Gasteiger partial charge in [-0.2, -0.15) is 0 Å². The molecule has 0 aromatic carbocycles. The van der Waals surface area contributed by atoms with Crippen molar-refractivity contribution in [3.63, 3.8) is 0 Å². The standard InChI is InChI=1S/C12H16BrClN2O2S/c1-12(5-3-2-4-6-12)16-19(17,18)10-7-9(13)8-15-11(10)14/h7-8,16H,2-6H2,1H3. The van der Waals surface area contributed by atoms with Gasteiger partial charge in [-0.05, 0) is 41.8 Å². The van der Waals surface area contributed by atoms with Gasteiger partial charge in [-0.15, -0.1) is 0 Å². The van der Waals surface area contributed by atoms with Gasteiger partial charge in [-0.3, -0.25) is 0 Å². The molecule has 1 heterocycles. The maximum Gasteiger partial charge on any atom is 0.244 e. The summed E-state index contributed by atoms with van der Waals surface area (Å²) in [5.41, 5.74) is -0.386. The van der Waals surface area contributed by atoms with Crippen LogP contribution in [0.1, 0.15) is 39.0 Å². The molecular weight excluding hydrogens is 352 g/mol. The fraction of sp³-hybridized carbons (Fsp3) is 0.583. The van der Waals surface area contributed by atoms with Crippen LogP contribution in [0.2, 0.25) is 5.15 Å². The molecule has 7 heteroatoms. The Morgan fingerprint density at radius 1 is 1.37 bits per heavy atom. The summed E-state index contributed by atoms with van der Waals surface area (Å²) < 4.78 is 28.2. The van der Waals surface area contributed by atoms with E-state index in [4.69, 9.17) is 11.6 Å². The van der Waals surface area contributed by atoms with E-state index in [0.717, 1.165) is 32.1 Å². The molecule has 1 aromatic rings. The molecule has 0 radical (unpaired) electrons. The highest BCUT2D eigenvalue weighted by atomic mass is 79.9. The Morgan fingerprint density at radius 2 is 2.00 bits per heavy atom. The first-order valence-electron chi connectivity index (χ1n) is 6.17. The van der Waals surface area contributed by atoms with Crippen LogP contribution in [0.3, 0.4) is 0 Å². The first kappa shape index (κ1) is 15.2. The van der Waals surface area contributed by atoms with Gasteiger partial charge in [0.05, 0.1) is 0 Å². The van der Waals surface area contributed by atoms with Crippen molar-refractivity contribution in [1.29, 1.82) is 0 Å². The molecule has 0 unspecified atom stereocenters. The van der Waals surface area contributed by atoms with Crippen LogP contribution < -0.4 is 4.72 Å². The second kappa shape index (κ2) is 5.68. The van der Waals surface area contributed by atoms with Crippen LogP contribution in [0.25, 0.3) is 0 Å². The van der Waals surface area contributed by atoms with Crippen molar-refractivity contribution < 1.29 is 8.42 Å². The van der Waals surface area contributed by atoms with Crippen molar-refractivity contribution in [2.24, 2.45) is 0 Å². The molecule has 0 aliphatic heterocycles. The molecule has 0 bridgehead atoms. The van der Waals surface area contributed by atoms with Crippen molar-refractivity contribution in [3.8, 4) is 0 Å². The second-order valence-electron chi connectivity index (χ2n) is 5.17. The number of pyridine rings is 1. The van der Waals surface area contributed by atoms with Gasteiger partial charge in [-0.1, -0.05) is 30.9 Å². The van der Waals surface area contributed by atoms with E-state index in [9.17, 15) is 8.42 Å². The predicted octanol–water partition coefficient (Wildman–Crippen LogP) is 3.50. The first-order valence-corrected chi connectivity index (χ1v) is 8.83. The fourth-order valence-electron chi connectivity index (χ4n) is 2.41. The van der Waals surface area contributed by atoms with Gasteiger partial charge in [0.25, 0.3) is 0 Å². The largest absolute Gasteiger partial charge is 0.244 e. The van der Waals surface area contributed by atoms with Crippen molar-refractivity contribution in [2.45, 2.75) is 49.5 Å². The lowest BCUT2D eigenvalue weighted by atomic mass is 9.84. The summed E-state index contributed by atoms with van der Waals surface area (Å²) in [6.07, 6.45) is 6.43. The van der Waals surface area contributed by atoms with E-state index >= 15 is 0 Å². The van der Waals surface area contributed by atoms with E-state index in [-0.39, 0.29) is 15.6 Å². The van der Waals surface area contributed by atoms with E-state index in [1.807, 2.05) is 6.92 Å². The van der Waals surface area contributed by atoms with Gasteiger partial charge in [0.15, 0.2) is 0 Å². The number of halogens is 2. The molecule has 0 amide bonds. The van der Waals surface area contributed by atoms with Crippen molar-refractivity contribution in [2.75, 3.05) is 0 Å². The Kier molecular flexibility index (Phi) is 4.55. The van der Waals surface area contributed by atoms with Crippen LogP contribution in [0, 0.1) is 0 Å². The normalized spacial score (nSPS) is 19.3. The van der Waals surface area contributed by atoms with Crippen molar-refractivity contribution in [3.05, 3.63) is 21.9 Å².